The normalized spacial score (nSPS) is 18.0. The van der Waals surface area contributed by atoms with Gasteiger partial charge in [0.1, 0.15) is 6.29 Å². The topological polar surface area (TPSA) is 160 Å². The van der Waals surface area contributed by atoms with E-state index < -0.39 is 41.9 Å². The van der Waals surface area contributed by atoms with Gasteiger partial charge >= 0.3 is 0 Å². The van der Waals surface area contributed by atoms with E-state index in [2.05, 4.69) is 16.0 Å². The third-order valence-electron chi connectivity index (χ3n) is 5.08. The molecule has 1 atom stereocenters. The summed E-state index contributed by atoms with van der Waals surface area (Å²) in [6.07, 6.45) is 3.18. The molecule has 0 saturated carbocycles. The molecule has 0 spiro atoms. The van der Waals surface area contributed by atoms with E-state index >= 15 is 0 Å². The Labute approximate surface area is 208 Å². The molecule has 0 radical (unpaired) electrons. The number of carbonyl (C=O) groups is 6. The van der Waals surface area contributed by atoms with Crippen LogP contribution in [0.2, 0.25) is 0 Å². The summed E-state index contributed by atoms with van der Waals surface area (Å²) in [5, 5.41) is 7.33. The van der Waals surface area contributed by atoms with Crippen LogP contribution < -0.4 is 16.0 Å². The third-order valence-corrected chi connectivity index (χ3v) is 5.08. The second-order valence-electron chi connectivity index (χ2n) is 7.88. The molecule has 1 aromatic rings. The highest BCUT2D eigenvalue weighted by Crippen LogP contribution is 2.12. The summed E-state index contributed by atoms with van der Waals surface area (Å²) in [4.78, 5) is 71.3. The Morgan fingerprint density at radius 1 is 1.03 bits per heavy atom. The van der Waals surface area contributed by atoms with Gasteiger partial charge in [0.25, 0.3) is 5.91 Å². The van der Waals surface area contributed by atoms with Crippen molar-refractivity contribution in [3.05, 3.63) is 48.0 Å². The van der Waals surface area contributed by atoms with Crippen LogP contribution >= 0.6 is 0 Å². The number of nitrogens with zero attached hydrogens (tertiary/aromatic N) is 1. The van der Waals surface area contributed by atoms with Gasteiger partial charge in [-0.15, -0.1) is 0 Å². The van der Waals surface area contributed by atoms with Gasteiger partial charge in [-0.1, -0.05) is 36.4 Å². The van der Waals surface area contributed by atoms with Gasteiger partial charge in [-0.2, -0.15) is 0 Å². The summed E-state index contributed by atoms with van der Waals surface area (Å²) in [5.41, 5.74) is 0.881. The van der Waals surface area contributed by atoms with Gasteiger partial charge < -0.3 is 30.2 Å². The Kier molecular flexibility index (Phi) is 11.9. The lowest BCUT2D eigenvalue weighted by Gasteiger charge is -2.30. The molecule has 1 fully saturated rings. The molecule has 1 saturated heterocycles. The molecule has 1 aliphatic heterocycles. The summed E-state index contributed by atoms with van der Waals surface area (Å²) in [6.45, 7) is 0.734. The van der Waals surface area contributed by atoms with Crippen LogP contribution in [0, 0.1) is 5.92 Å². The molecule has 1 heterocycles. The number of aldehydes is 1. The van der Waals surface area contributed by atoms with E-state index in [1.54, 1.807) is 6.92 Å². The number of hydrogen-bond acceptors (Lipinski definition) is 8. The molecule has 194 valence electrons. The number of hydrogen-bond donors (Lipinski definition) is 3. The number of imide groups is 1. The Morgan fingerprint density at radius 3 is 2.31 bits per heavy atom. The largest absolute Gasteiger partial charge is 0.350 e. The van der Waals surface area contributed by atoms with Crippen molar-refractivity contribution in [1.29, 1.82) is 0 Å². The monoisotopic (exact) mass is 502 g/mol. The first-order valence-electron chi connectivity index (χ1n) is 11.3. The highest BCUT2D eigenvalue weighted by molar-refractivity contribution is 5.94. The van der Waals surface area contributed by atoms with Gasteiger partial charge in [0.05, 0.1) is 44.8 Å². The van der Waals surface area contributed by atoms with E-state index in [1.165, 1.54) is 12.2 Å². The van der Waals surface area contributed by atoms with Crippen molar-refractivity contribution >= 4 is 36.3 Å². The molecule has 0 aliphatic carbocycles. The summed E-state index contributed by atoms with van der Waals surface area (Å²) in [6, 6.07) is 8.44. The standard InChI is InChI=1S/C24H30N4O8/c1-2-6-22(33)28(16-30)12-23-35-14-18(15-36-23)24(34)26-10-20(31)25-11-21(32)27-19(13-29)9-17-7-4-3-5-8-17/h2-8,13,16,18-19,23H,9-12,14-15H2,1H3,(H,25,31)(H,26,34)(H,27,32)/b6-2-. The van der Waals surface area contributed by atoms with Gasteiger partial charge in [-0.3, -0.25) is 28.9 Å². The summed E-state index contributed by atoms with van der Waals surface area (Å²) < 4.78 is 10.8. The van der Waals surface area contributed by atoms with Crippen molar-refractivity contribution in [2.24, 2.45) is 5.92 Å². The first kappa shape index (κ1) is 28.3. The number of nitrogens with one attached hydrogen (secondary N) is 3. The van der Waals surface area contributed by atoms with Crippen LogP contribution in [0.1, 0.15) is 12.5 Å². The molecule has 0 aromatic heterocycles. The molecular weight excluding hydrogens is 472 g/mol. The molecule has 1 unspecified atom stereocenters. The fraction of sp³-hybridized carbons (Fsp3) is 0.417. The van der Waals surface area contributed by atoms with Crippen molar-refractivity contribution < 1.29 is 38.2 Å². The van der Waals surface area contributed by atoms with Crippen molar-refractivity contribution in [1.82, 2.24) is 20.9 Å². The lowest BCUT2D eigenvalue weighted by atomic mass is 10.1. The van der Waals surface area contributed by atoms with E-state index in [4.69, 9.17) is 9.47 Å². The van der Waals surface area contributed by atoms with Crippen LogP contribution in [0.15, 0.2) is 42.5 Å². The zero-order valence-corrected chi connectivity index (χ0v) is 19.9. The predicted octanol–water partition coefficient (Wildman–Crippen LogP) is -1.30. The van der Waals surface area contributed by atoms with Gasteiger partial charge in [-0.25, -0.2) is 0 Å². The fourth-order valence-corrected chi connectivity index (χ4v) is 3.20. The first-order valence-corrected chi connectivity index (χ1v) is 11.3. The molecule has 12 nitrogen and oxygen atoms in total. The lowest BCUT2D eigenvalue weighted by Crippen LogP contribution is -2.48. The Hall–Kier alpha value is -3.90. The molecule has 36 heavy (non-hydrogen) atoms. The Bertz CT molecular complexity index is 945. The first-order chi connectivity index (χ1) is 17.4. The van der Waals surface area contributed by atoms with Gasteiger partial charge in [0, 0.05) is 0 Å². The van der Waals surface area contributed by atoms with E-state index in [1.807, 2.05) is 30.3 Å². The molecule has 1 aliphatic rings. The number of amides is 5. The average molecular weight is 503 g/mol. The maximum absolute atomic E-state index is 12.3. The van der Waals surface area contributed by atoms with Crippen molar-refractivity contribution in [3.8, 4) is 0 Å². The van der Waals surface area contributed by atoms with Crippen LogP contribution in [0.3, 0.4) is 0 Å². The lowest BCUT2D eigenvalue weighted by molar-refractivity contribution is -0.207. The van der Waals surface area contributed by atoms with Crippen molar-refractivity contribution in [2.45, 2.75) is 25.7 Å². The number of benzene rings is 1. The van der Waals surface area contributed by atoms with Crippen LogP contribution in [0.25, 0.3) is 0 Å². The van der Waals surface area contributed by atoms with Crippen molar-refractivity contribution in [2.75, 3.05) is 32.8 Å². The van der Waals surface area contributed by atoms with Crippen molar-refractivity contribution in [3.63, 3.8) is 0 Å². The maximum Gasteiger partial charge on any atom is 0.252 e. The Morgan fingerprint density at radius 2 is 1.69 bits per heavy atom. The minimum absolute atomic E-state index is 0.0282. The number of allylic oxidation sites excluding steroid dienone is 1. The molecule has 1 aromatic carbocycles. The fourth-order valence-electron chi connectivity index (χ4n) is 3.20. The van der Waals surface area contributed by atoms with E-state index in [-0.39, 0.29) is 32.8 Å². The molecule has 2 rings (SSSR count). The highest BCUT2D eigenvalue weighted by atomic mass is 16.7. The Balaban J connectivity index is 1.65. The van der Waals surface area contributed by atoms with Gasteiger partial charge in [-0.05, 0) is 25.0 Å². The summed E-state index contributed by atoms with van der Waals surface area (Å²) in [5.74, 6) is -2.84. The zero-order valence-electron chi connectivity index (χ0n) is 19.9. The second kappa shape index (κ2) is 15.2. The molecule has 0 bridgehead atoms. The summed E-state index contributed by atoms with van der Waals surface area (Å²) in [7, 11) is 0. The van der Waals surface area contributed by atoms with Crippen LogP contribution in [-0.4, -0.2) is 86.4 Å². The smallest absolute Gasteiger partial charge is 0.252 e. The van der Waals surface area contributed by atoms with Crippen LogP contribution in [-0.2, 0) is 44.7 Å². The predicted molar refractivity (Wildman–Crippen MR) is 126 cm³/mol. The van der Waals surface area contributed by atoms with Crippen LogP contribution in [0.4, 0.5) is 0 Å². The van der Waals surface area contributed by atoms with Gasteiger partial charge in [0.15, 0.2) is 6.29 Å². The molecule has 3 N–H and O–H groups in total. The minimum Gasteiger partial charge on any atom is -0.350 e. The third kappa shape index (κ3) is 9.76. The summed E-state index contributed by atoms with van der Waals surface area (Å²) >= 11 is 0. The minimum atomic E-state index is -0.868. The average Bonchev–Trinajstić information content (AvgIpc) is 2.89. The number of rotatable bonds is 13. The van der Waals surface area contributed by atoms with Gasteiger partial charge in [0.2, 0.25) is 24.1 Å². The number of ether oxygens (including phenoxy) is 2. The highest BCUT2D eigenvalue weighted by Gasteiger charge is 2.29. The number of carbonyl (C=O) groups excluding carboxylic acids is 6. The maximum atomic E-state index is 12.3. The SMILES string of the molecule is C/C=C\C(=O)N(C=O)CC1OCC(C(=O)NCC(=O)NCC(=O)NC(C=O)Cc2ccccc2)CO1. The molecule has 5 amide bonds. The van der Waals surface area contributed by atoms with E-state index in [0.717, 1.165) is 10.5 Å². The molecular formula is C24H30N4O8. The second-order valence-corrected chi connectivity index (χ2v) is 7.88. The zero-order chi connectivity index (χ0) is 26.3. The molecule has 12 heteroatoms. The quantitative estimate of drug-likeness (QED) is 0.222. The van der Waals surface area contributed by atoms with E-state index in [9.17, 15) is 28.8 Å². The van der Waals surface area contributed by atoms with E-state index in [0.29, 0.717) is 19.1 Å². The van der Waals surface area contributed by atoms with Crippen LogP contribution in [0.5, 0.6) is 0 Å².